The van der Waals surface area contributed by atoms with E-state index in [1.165, 1.54) is 4.57 Å². The summed E-state index contributed by atoms with van der Waals surface area (Å²) in [4.78, 5) is 31.4. The molecule has 3 aromatic rings. The second kappa shape index (κ2) is 12.6. The first-order valence-corrected chi connectivity index (χ1v) is 12.3. The smallest absolute Gasteiger partial charge is 0.262 e. The Labute approximate surface area is 210 Å². The second-order valence-corrected chi connectivity index (χ2v) is 8.60. The van der Waals surface area contributed by atoms with E-state index in [2.05, 4.69) is 29.0 Å². The highest BCUT2D eigenvalue weighted by Crippen LogP contribution is 2.24. The third-order valence-electron chi connectivity index (χ3n) is 6.16. The number of ether oxygens (including phenoxy) is 2. The van der Waals surface area contributed by atoms with Crippen LogP contribution in [-0.4, -0.2) is 60.8 Å². The van der Waals surface area contributed by atoms with E-state index < -0.39 is 0 Å². The molecule has 1 unspecified atom stereocenters. The van der Waals surface area contributed by atoms with Crippen molar-refractivity contribution in [1.82, 2.24) is 19.8 Å². The summed E-state index contributed by atoms with van der Waals surface area (Å²) in [5, 5.41) is 3.56. The molecule has 0 fully saturated rings. The molecular formula is C26H34N4O4S. The van der Waals surface area contributed by atoms with Crippen molar-refractivity contribution in [2.24, 2.45) is 0 Å². The largest absolute Gasteiger partial charge is 0.497 e. The predicted octanol–water partition coefficient (Wildman–Crippen LogP) is 3.92. The Kier molecular flexibility index (Phi) is 9.59. The molecule has 0 saturated carbocycles. The summed E-state index contributed by atoms with van der Waals surface area (Å²) in [6.07, 6.45) is 0.681. The maximum Gasteiger partial charge on any atom is 0.262 e. The number of nitrogens with zero attached hydrogens (tertiary/aromatic N) is 2. The van der Waals surface area contributed by atoms with Gasteiger partial charge >= 0.3 is 0 Å². The Balaban J connectivity index is 1.82. The molecule has 0 radical (unpaired) electrons. The van der Waals surface area contributed by atoms with Crippen LogP contribution >= 0.6 is 12.2 Å². The number of rotatable bonds is 12. The third kappa shape index (κ3) is 6.36. The van der Waals surface area contributed by atoms with E-state index in [1.807, 2.05) is 24.3 Å². The SMILES string of the molecule is CCN(CC)C(CNC(=O)c1ccc2c(=O)n(CCCOC)c(=S)[nH]c2c1)c1cccc(OC)c1. The van der Waals surface area contributed by atoms with Gasteiger partial charge in [-0.15, -0.1) is 0 Å². The second-order valence-electron chi connectivity index (χ2n) is 8.22. The first-order valence-electron chi connectivity index (χ1n) is 11.8. The van der Waals surface area contributed by atoms with Gasteiger partial charge in [0.2, 0.25) is 0 Å². The molecule has 188 valence electrons. The molecule has 0 spiro atoms. The van der Waals surface area contributed by atoms with Gasteiger partial charge in [0.15, 0.2) is 4.77 Å². The molecule has 1 atom stereocenters. The average molecular weight is 499 g/mol. The predicted molar refractivity (Wildman–Crippen MR) is 141 cm³/mol. The molecule has 2 aromatic carbocycles. The van der Waals surface area contributed by atoms with Gasteiger partial charge < -0.3 is 19.8 Å². The summed E-state index contributed by atoms with van der Waals surface area (Å²) in [6, 6.07) is 12.9. The minimum atomic E-state index is -0.212. The Hall–Kier alpha value is -3.01. The number of carbonyl (C=O) groups excluding carboxylic acids is 1. The molecule has 0 aliphatic rings. The molecule has 2 N–H and O–H groups in total. The first kappa shape index (κ1) is 26.6. The number of nitrogens with one attached hydrogen (secondary N) is 2. The van der Waals surface area contributed by atoms with Gasteiger partial charge in [-0.1, -0.05) is 26.0 Å². The third-order valence-corrected chi connectivity index (χ3v) is 6.48. The molecule has 0 saturated heterocycles. The van der Waals surface area contributed by atoms with Crippen LogP contribution in [0, 0.1) is 4.77 Å². The van der Waals surface area contributed by atoms with Crippen molar-refractivity contribution in [3.63, 3.8) is 0 Å². The van der Waals surface area contributed by atoms with Crippen LogP contribution in [0.1, 0.15) is 42.2 Å². The Morgan fingerprint density at radius 2 is 1.94 bits per heavy atom. The quantitative estimate of drug-likeness (QED) is 0.291. The summed E-state index contributed by atoms with van der Waals surface area (Å²) < 4.78 is 12.3. The lowest BCUT2D eigenvalue weighted by atomic mass is 10.0. The number of fused-ring (bicyclic) bond motifs is 1. The summed E-state index contributed by atoms with van der Waals surface area (Å²) in [6.45, 7) is 7.34. The lowest BCUT2D eigenvalue weighted by Gasteiger charge is -2.30. The van der Waals surface area contributed by atoms with Crippen LogP contribution in [0.25, 0.3) is 10.9 Å². The van der Waals surface area contributed by atoms with Crippen molar-refractivity contribution in [3.05, 3.63) is 68.7 Å². The maximum absolute atomic E-state index is 13.1. The van der Waals surface area contributed by atoms with Gasteiger partial charge in [-0.05, 0) is 67.6 Å². The van der Waals surface area contributed by atoms with Crippen LogP contribution in [0.3, 0.4) is 0 Å². The van der Waals surface area contributed by atoms with Gasteiger partial charge in [0.05, 0.1) is 24.1 Å². The zero-order valence-corrected chi connectivity index (χ0v) is 21.6. The number of aromatic amines is 1. The van der Waals surface area contributed by atoms with E-state index in [0.29, 0.717) is 47.4 Å². The molecule has 0 bridgehead atoms. The van der Waals surface area contributed by atoms with Gasteiger partial charge in [-0.2, -0.15) is 0 Å². The number of likely N-dealkylation sites (N-methyl/N-ethyl adjacent to an activating group) is 1. The van der Waals surface area contributed by atoms with E-state index >= 15 is 0 Å². The van der Waals surface area contributed by atoms with Crippen LogP contribution in [-0.2, 0) is 11.3 Å². The van der Waals surface area contributed by atoms with Crippen molar-refractivity contribution in [3.8, 4) is 5.75 Å². The van der Waals surface area contributed by atoms with Crippen molar-refractivity contribution in [2.45, 2.75) is 32.9 Å². The lowest BCUT2D eigenvalue weighted by molar-refractivity contribution is 0.0935. The van der Waals surface area contributed by atoms with E-state index in [4.69, 9.17) is 21.7 Å². The van der Waals surface area contributed by atoms with Crippen LogP contribution in [0.2, 0.25) is 0 Å². The highest BCUT2D eigenvalue weighted by Gasteiger charge is 2.20. The molecule has 0 aliphatic heterocycles. The summed E-state index contributed by atoms with van der Waals surface area (Å²) in [5.41, 5.74) is 1.91. The van der Waals surface area contributed by atoms with Crippen molar-refractivity contribution >= 4 is 29.0 Å². The first-order chi connectivity index (χ1) is 16.9. The number of hydrogen-bond donors (Lipinski definition) is 2. The number of aromatic nitrogens is 2. The van der Waals surface area contributed by atoms with Gasteiger partial charge in [-0.25, -0.2) is 0 Å². The molecule has 1 amide bonds. The molecule has 1 aromatic heterocycles. The van der Waals surface area contributed by atoms with E-state index in [0.717, 1.165) is 24.4 Å². The number of H-pyrrole nitrogens is 1. The van der Waals surface area contributed by atoms with Gasteiger partial charge in [0, 0.05) is 32.4 Å². The fraction of sp³-hybridized carbons (Fsp3) is 0.423. The molecule has 0 aliphatic carbocycles. The fourth-order valence-corrected chi connectivity index (χ4v) is 4.51. The Morgan fingerprint density at radius 3 is 2.63 bits per heavy atom. The zero-order chi connectivity index (χ0) is 25.4. The van der Waals surface area contributed by atoms with Crippen LogP contribution in [0.15, 0.2) is 47.3 Å². The zero-order valence-electron chi connectivity index (χ0n) is 20.8. The van der Waals surface area contributed by atoms with Crippen molar-refractivity contribution in [1.29, 1.82) is 0 Å². The number of carbonyl (C=O) groups is 1. The molecule has 1 heterocycles. The topological polar surface area (TPSA) is 88.6 Å². The van der Waals surface area contributed by atoms with Crippen LogP contribution in [0.5, 0.6) is 5.75 Å². The molecular weight excluding hydrogens is 464 g/mol. The average Bonchev–Trinajstić information content (AvgIpc) is 2.88. The van der Waals surface area contributed by atoms with Crippen molar-refractivity contribution in [2.75, 3.05) is 40.5 Å². The van der Waals surface area contributed by atoms with E-state index in [9.17, 15) is 9.59 Å². The molecule has 35 heavy (non-hydrogen) atoms. The van der Waals surface area contributed by atoms with Gasteiger partial charge in [0.1, 0.15) is 5.75 Å². The van der Waals surface area contributed by atoms with Gasteiger partial charge in [0.25, 0.3) is 11.5 Å². The lowest BCUT2D eigenvalue weighted by Crippen LogP contribution is -2.38. The highest BCUT2D eigenvalue weighted by atomic mass is 32.1. The standard InChI is InChI=1S/C26H34N4O4S/c1-5-29(6-2)23(18-9-7-10-20(15-18)34-4)17-27-24(31)19-11-12-21-22(16-19)28-26(35)30(25(21)32)13-8-14-33-3/h7,9-12,15-16,23H,5-6,8,13-14,17H2,1-4H3,(H,27,31)(H,28,35). The van der Waals surface area contributed by atoms with E-state index in [-0.39, 0.29) is 17.5 Å². The van der Waals surface area contributed by atoms with Crippen LogP contribution in [0.4, 0.5) is 0 Å². The Morgan fingerprint density at radius 1 is 1.17 bits per heavy atom. The highest BCUT2D eigenvalue weighted by molar-refractivity contribution is 7.71. The normalized spacial score (nSPS) is 12.1. The minimum Gasteiger partial charge on any atom is -0.497 e. The van der Waals surface area contributed by atoms with Gasteiger partial charge in [-0.3, -0.25) is 19.1 Å². The summed E-state index contributed by atoms with van der Waals surface area (Å²) >= 11 is 5.39. The number of benzene rings is 2. The molecule has 9 heteroatoms. The Bertz CT molecular complexity index is 1270. The summed E-state index contributed by atoms with van der Waals surface area (Å²) in [5.74, 6) is 0.569. The fourth-order valence-electron chi connectivity index (χ4n) is 4.23. The number of amides is 1. The maximum atomic E-state index is 13.1. The number of methoxy groups -OCH3 is 2. The van der Waals surface area contributed by atoms with Crippen molar-refractivity contribution < 1.29 is 14.3 Å². The monoisotopic (exact) mass is 498 g/mol. The minimum absolute atomic E-state index is 0.00498. The van der Waals surface area contributed by atoms with Crippen LogP contribution < -0.4 is 15.6 Å². The molecule has 3 rings (SSSR count). The molecule has 8 nitrogen and oxygen atoms in total. The summed E-state index contributed by atoms with van der Waals surface area (Å²) in [7, 11) is 3.27. The van der Waals surface area contributed by atoms with E-state index in [1.54, 1.807) is 32.4 Å². The number of hydrogen-bond acceptors (Lipinski definition) is 6.